The quantitative estimate of drug-likeness (QED) is 0.515. The lowest BCUT2D eigenvalue weighted by Crippen LogP contribution is -2.24. The summed E-state index contributed by atoms with van der Waals surface area (Å²) in [5.74, 6) is 0.0287. The molecule has 0 aliphatic rings. The molecule has 0 amide bonds. The molecule has 1 aromatic rings. The van der Waals surface area contributed by atoms with Crippen molar-refractivity contribution in [2.75, 3.05) is 7.05 Å². The molecular formula is C9H10Cl2N4O2. The lowest BCUT2D eigenvalue weighted by Gasteiger charge is -2.17. The molecule has 8 heteroatoms. The molecule has 0 aromatic carbocycles. The van der Waals surface area contributed by atoms with Crippen LogP contribution in [0.2, 0.25) is 10.3 Å². The molecule has 0 aliphatic heterocycles. The summed E-state index contributed by atoms with van der Waals surface area (Å²) in [4.78, 5) is 15.0. The molecule has 0 saturated heterocycles. The van der Waals surface area contributed by atoms with Gasteiger partial charge in [-0.2, -0.15) is 0 Å². The summed E-state index contributed by atoms with van der Waals surface area (Å²) in [6.45, 7) is 0.305. The van der Waals surface area contributed by atoms with Crippen molar-refractivity contribution in [3.63, 3.8) is 0 Å². The van der Waals surface area contributed by atoms with Crippen LogP contribution in [0.5, 0.6) is 0 Å². The number of hydrogen-bond acceptors (Lipinski definition) is 5. The van der Waals surface area contributed by atoms with E-state index < -0.39 is 4.92 Å². The zero-order valence-electron chi connectivity index (χ0n) is 8.93. The smallest absolute Gasteiger partial charge is 0.274 e. The van der Waals surface area contributed by atoms with Crippen molar-refractivity contribution >= 4 is 23.2 Å². The number of pyridine rings is 1. The van der Waals surface area contributed by atoms with E-state index in [4.69, 9.17) is 28.9 Å². The van der Waals surface area contributed by atoms with Crippen molar-refractivity contribution < 1.29 is 4.92 Å². The van der Waals surface area contributed by atoms with Gasteiger partial charge in [0.2, 0.25) is 0 Å². The molecule has 1 rings (SSSR count). The Balaban J connectivity index is 2.81. The number of nitro groups is 1. The highest BCUT2D eigenvalue weighted by molar-refractivity contribution is 6.32. The lowest BCUT2D eigenvalue weighted by atomic mass is 10.3. The predicted molar refractivity (Wildman–Crippen MR) is 65.0 cm³/mol. The molecular weight excluding hydrogens is 267 g/mol. The van der Waals surface area contributed by atoms with E-state index in [0.717, 1.165) is 6.20 Å². The van der Waals surface area contributed by atoms with Crippen LogP contribution in [-0.2, 0) is 6.54 Å². The second-order valence-electron chi connectivity index (χ2n) is 3.28. The largest absolute Gasteiger partial charge is 0.380 e. The van der Waals surface area contributed by atoms with E-state index >= 15 is 0 Å². The van der Waals surface area contributed by atoms with E-state index in [9.17, 15) is 10.1 Å². The Hall–Kier alpha value is -1.53. The summed E-state index contributed by atoms with van der Waals surface area (Å²) >= 11 is 11.5. The van der Waals surface area contributed by atoms with E-state index in [-0.39, 0.29) is 16.1 Å². The van der Waals surface area contributed by atoms with Crippen molar-refractivity contribution in [1.29, 1.82) is 0 Å². The standard InChI is InChI=1S/C9H10Cl2N4O2/c1-14(8(12)5-15(16)17)4-6-2-3-7(10)13-9(6)11/h2-3,5H,4,12H2,1H3. The molecule has 0 fully saturated rings. The molecule has 92 valence electrons. The first-order valence-electron chi connectivity index (χ1n) is 4.53. The Morgan fingerprint density at radius 1 is 1.65 bits per heavy atom. The highest BCUT2D eigenvalue weighted by Gasteiger charge is 2.09. The molecule has 17 heavy (non-hydrogen) atoms. The Bertz CT molecular complexity index is 464. The highest BCUT2D eigenvalue weighted by Crippen LogP contribution is 2.18. The molecule has 0 atom stereocenters. The number of nitrogens with zero attached hydrogens (tertiary/aromatic N) is 3. The Kier molecular flexibility index (Phi) is 4.53. The second kappa shape index (κ2) is 5.70. The van der Waals surface area contributed by atoms with Crippen molar-refractivity contribution in [3.05, 3.63) is 50.1 Å². The minimum atomic E-state index is -0.618. The van der Waals surface area contributed by atoms with Crippen LogP contribution in [-0.4, -0.2) is 21.9 Å². The second-order valence-corrected chi connectivity index (χ2v) is 4.02. The zero-order valence-corrected chi connectivity index (χ0v) is 10.4. The van der Waals surface area contributed by atoms with Gasteiger partial charge in [-0.25, -0.2) is 4.98 Å². The van der Waals surface area contributed by atoms with Gasteiger partial charge in [0.05, 0.1) is 4.92 Å². The molecule has 0 bridgehead atoms. The summed E-state index contributed by atoms with van der Waals surface area (Å²) in [6.07, 6.45) is 0.719. The average molecular weight is 277 g/mol. The Morgan fingerprint density at radius 2 is 2.29 bits per heavy atom. The maximum atomic E-state index is 10.2. The highest BCUT2D eigenvalue weighted by atomic mass is 35.5. The van der Waals surface area contributed by atoms with E-state index in [2.05, 4.69) is 4.98 Å². The molecule has 6 nitrogen and oxygen atoms in total. The summed E-state index contributed by atoms with van der Waals surface area (Å²) in [5, 5.41) is 10.8. The van der Waals surface area contributed by atoms with Crippen LogP contribution >= 0.6 is 23.2 Å². The maximum Gasteiger partial charge on any atom is 0.274 e. The molecule has 1 heterocycles. The Labute approximate surface area is 108 Å². The van der Waals surface area contributed by atoms with E-state index in [1.807, 2.05) is 0 Å². The number of aromatic nitrogens is 1. The third-order valence-electron chi connectivity index (χ3n) is 1.98. The first kappa shape index (κ1) is 13.5. The molecule has 1 aromatic heterocycles. The van der Waals surface area contributed by atoms with Crippen molar-refractivity contribution in [1.82, 2.24) is 9.88 Å². The third-order valence-corrected chi connectivity index (χ3v) is 2.52. The maximum absolute atomic E-state index is 10.2. The fraction of sp³-hybridized carbons (Fsp3) is 0.222. The van der Waals surface area contributed by atoms with Gasteiger partial charge in [-0.3, -0.25) is 10.1 Å². The van der Waals surface area contributed by atoms with Crippen molar-refractivity contribution in [2.45, 2.75) is 6.54 Å². The summed E-state index contributed by atoms with van der Waals surface area (Å²) < 4.78 is 0. The van der Waals surface area contributed by atoms with Crippen LogP contribution in [0, 0.1) is 10.1 Å². The van der Waals surface area contributed by atoms with Gasteiger partial charge in [0, 0.05) is 19.2 Å². The van der Waals surface area contributed by atoms with Crippen LogP contribution in [0.15, 0.2) is 24.2 Å². The summed E-state index contributed by atoms with van der Waals surface area (Å²) in [5.41, 5.74) is 6.18. The minimum Gasteiger partial charge on any atom is -0.380 e. The first-order chi connectivity index (χ1) is 7.90. The fourth-order valence-electron chi connectivity index (χ4n) is 1.11. The average Bonchev–Trinajstić information content (AvgIpc) is 2.21. The number of hydrogen-bond donors (Lipinski definition) is 1. The van der Waals surface area contributed by atoms with Gasteiger partial charge in [-0.15, -0.1) is 0 Å². The predicted octanol–water partition coefficient (Wildman–Crippen LogP) is 1.85. The molecule has 0 aliphatic carbocycles. The van der Waals surface area contributed by atoms with Gasteiger partial charge in [-0.05, 0) is 6.07 Å². The van der Waals surface area contributed by atoms with Gasteiger partial charge in [0.1, 0.15) is 10.3 Å². The van der Waals surface area contributed by atoms with Crippen molar-refractivity contribution in [3.8, 4) is 0 Å². The normalized spacial score (nSPS) is 11.4. The molecule has 0 saturated carbocycles. The Morgan fingerprint density at radius 3 is 2.82 bits per heavy atom. The number of halogens is 2. The third kappa shape index (κ3) is 4.08. The van der Waals surface area contributed by atoms with Crippen LogP contribution in [0.3, 0.4) is 0 Å². The zero-order chi connectivity index (χ0) is 13.0. The SMILES string of the molecule is CN(Cc1ccc(Cl)nc1Cl)C(N)=C[N+](=O)[O-]. The molecule has 2 N–H and O–H groups in total. The fourth-order valence-corrected chi connectivity index (χ4v) is 1.52. The monoisotopic (exact) mass is 276 g/mol. The van der Waals surface area contributed by atoms with Crippen LogP contribution in [0.25, 0.3) is 0 Å². The van der Waals surface area contributed by atoms with Gasteiger partial charge >= 0.3 is 0 Å². The van der Waals surface area contributed by atoms with E-state index in [0.29, 0.717) is 12.1 Å². The molecule has 0 spiro atoms. The number of rotatable bonds is 4. The molecule has 0 radical (unpaired) electrons. The van der Waals surface area contributed by atoms with Crippen LogP contribution < -0.4 is 5.73 Å². The summed E-state index contributed by atoms with van der Waals surface area (Å²) in [6, 6.07) is 3.28. The topological polar surface area (TPSA) is 85.3 Å². The van der Waals surface area contributed by atoms with E-state index in [1.165, 1.54) is 4.90 Å². The lowest BCUT2D eigenvalue weighted by molar-refractivity contribution is -0.404. The van der Waals surface area contributed by atoms with Gasteiger partial charge in [0.15, 0.2) is 5.82 Å². The van der Waals surface area contributed by atoms with Crippen molar-refractivity contribution in [2.24, 2.45) is 5.73 Å². The van der Waals surface area contributed by atoms with Gasteiger partial charge in [-0.1, -0.05) is 29.3 Å². The minimum absolute atomic E-state index is 0.0287. The van der Waals surface area contributed by atoms with Crippen LogP contribution in [0.1, 0.15) is 5.56 Å². The van der Waals surface area contributed by atoms with Gasteiger partial charge in [0.25, 0.3) is 6.20 Å². The van der Waals surface area contributed by atoms with Crippen LogP contribution in [0.4, 0.5) is 0 Å². The first-order valence-corrected chi connectivity index (χ1v) is 5.28. The molecule has 0 unspecified atom stereocenters. The van der Waals surface area contributed by atoms with E-state index in [1.54, 1.807) is 19.2 Å². The van der Waals surface area contributed by atoms with Gasteiger partial charge < -0.3 is 10.6 Å². The number of nitrogens with two attached hydrogens (primary N) is 1. The summed E-state index contributed by atoms with van der Waals surface area (Å²) in [7, 11) is 1.61.